The number of anilines is 1. The molecule has 0 radical (unpaired) electrons. The minimum absolute atomic E-state index is 0.00615. The quantitative estimate of drug-likeness (QED) is 0.251. The number of carbonyl (C=O) groups excluding carboxylic acids is 1. The Bertz CT molecular complexity index is 1490. The maximum Gasteiger partial charge on any atom is 0.230 e. The van der Waals surface area contributed by atoms with Crippen LogP contribution in [0.3, 0.4) is 0 Å². The number of hydrogen-bond donors (Lipinski definition) is 0. The van der Waals surface area contributed by atoms with Crippen molar-refractivity contribution in [2.24, 2.45) is 11.8 Å². The summed E-state index contributed by atoms with van der Waals surface area (Å²) in [6, 6.07) is 12.5. The van der Waals surface area contributed by atoms with E-state index >= 15 is 0 Å². The number of sulfonamides is 1. The largest absolute Gasteiger partial charge is 0.381 e. The van der Waals surface area contributed by atoms with Crippen molar-refractivity contribution in [1.29, 1.82) is 0 Å². The van der Waals surface area contributed by atoms with Crippen molar-refractivity contribution in [2.75, 3.05) is 69.4 Å². The van der Waals surface area contributed by atoms with Crippen LogP contribution in [0.25, 0.3) is 0 Å². The molecule has 0 N–H and O–H groups in total. The molecular weight excluding hydrogens is 657 g/mol. The monoisotopic (exact) mass is 701 g/mol. The molecule has 4 rings (SSSR count). The first-order valence-corrected chi connectivity index (χ1v) is 20.0. The Balaban J connectivity index is 1.27. The van der Waals surface area contributed by atoms with E-state index in [1.54, 1.807) is 29.2 Å². The number of sulfone groups is 1. The molecule has 2 aromatic rings. The van der Waals surface area contributed by atoms with Crippen molar-refractivity contribution in [1.82, 2.24) is 9.21 Å². The molecular formula is C32H45Cl2N3O6S2. The molecule has 250 valence electrons. The number of benzene rings is 2. The van der Waals surface area contributed by atoms with Gasteiger partial charge in [-0.25, -0.2) is 21.1 Å². The summed E-state index contributed by atoms with van der Waals surface area (Å²) in [5.74, 6) is 0.266. The van der Waals surface area contributed by atoms with Crippen molar-refractivity contribution in [3.63, 3.8) is 0 Å². The van der Waals surface area contributed by atoms with E-state index in [0.29, 0.717) is 65.6 Å². The first-order valence-electron chi connectivity index (χ1n) is 15.7. The number of rotatable bonds is 14. The van der Waals surface area contributed by atoms with E-state index in [-0.39, 0.29) is 24.2 Å². The van der Waals surface area contributed by atoms with Crippen LogP contribution in [0, 0.1) is 11.8 Å². The molecule has 2 aliphatic heterocycles. The van der Waals surface area contributed by atoms with Crippen molar-refractivity contribution >= 4 is 54.7 Å². The summed E-state index contributed by atoms with van der Waals surface area (Å²) in [4.78, 5) is 18.3. The summed E-state index contributed by atoms with van der Waals surface area (Å²) in [6.45, 7) is 6.57. The van der Waals surface area contributed by atoms with Crippen molar-refractivity contribution in [3.05, 3.63) is 58.1 Å². The standard InChI is InChI=1S/C32H45Cl2N3O6S2/c1-3-43-21-22-45(41,42)29-8-5-25(6-9-29)23-26-11-17-35(18-12-26)15-4-16-37(28-7-10-30(33)31(34)24-28)32(38)27-13-19-36(20-14-27)44(2,39)40/h5-10,24,26-27H,3-4,11-23H2,1-2H3. The molecule has 0 spiro atoms. The van der Waals surface area contributed by atoms with Gasteiger partial charge in [-0.2, -0.15) is 0 Å². The maximum atomic E-state index is 13.7. The smallest absolute Gasteiger partial charge is 0.230 e. The number of amides is 1. The number of carbonyl (C=O) groups is 1. The molecule has 2 aliphatic rings. The van der Waals surface area contributed by atoms with Crippen LogP contribution in [0.5, 0.6) is 0 Å². The molecule has 2 fully saturated rings. The average molecular weight is 703 g/mol. The van der Waals surface area contributed by atoms with Gasteiger partial charge in [0.25, 0.3) is 0 Å². The second-order valence-electron chi connectivity index (χ2n) is 12.0. The first-order chi connectivity index (χ1) is 21.4. The third kappa shape index (κ3) is 10.4. The predicted molar refractivity (Wildman–Crippen MR) is 180 cm³/mol. The lowest BCUT2D eigenvalue weighted by atomic mass is 9.90. The highest BCUT2D eigenvalue weighted by Gasteiger charge is 2.32. The van der Waals surface area contributed by atoms with E-state index in [0.717, 1.165) is 50.9 Å². The molecule has 2 heterocycles. The molecule has 0 aliphatic carbocycles. The molecule has 45 heavy (non-hydrogen) atoms. The Morgan fingerprint density at radius 3 is 2.20 bits per heavy atom. The average Bonchev–Trinajstić information content (AvgIpc) is 3.01. The highest BCUT2D eigenvalue weighted by molar-refractivity contribution is 7.91. The third-order valence-corrected chi connectivity index (χ3v) is 12.6. The Hall–Kier alpha value is -1.73. The number of likely N-dealkylation sites (tertiary alicyclic amines) is 1. The van der Waals surface area contributed by atoms with Gasteiger partial charge in [0.15, 0.2) is 9.84 Å². The Labute approximate surface area is 278 Å². The molecule has 2 saturated heterocycles. The molecule has 0 unspecified atom stereocenters. The van der Waals surface area contributed by atoms with Crippen molar-refractivity contribution < 1.29 is 26.4 Å². The van der Waals surface area contributed by atoms with Crippen LogP contribution in [0.15, 0.2) is 47.4 Å². The SMILES string of the molecule is CCOCCS(=O)(=O)c1ccc(CC2CCN(CCCN(C(=O)C3CCN(S(C)(=O)=O)CC3)c3ccc(Cl)c(Cl)c3)CC2)cc1. The van der Waals surface area contributed by atoms with Gasteiger partial charge in [0, 0.05) is 37.8 Å². The van der Waals surface area contributed by atoms with Gasteiger partial charge in [0.1, 0.15) is 0 Å². The number of piperidine rings is 2. The Kier molecular flexibility index (Phi) is 13.2. The second kappa shape index (κ2) is 16.4. The topological polar surface area (TPSA) is 104 Å². The van der Waals surface area contributed by atoms with Crippen molar-refractivity contribution in [2.45, 2.75) is 50.3 Å². The van der Waals surface area contributed by atoms with Gasteiger partial charge in [0.2, 0.25) is 15.9 Å². The predicted octanol–water partition coefficient (Wildman–Crippen LogP) is 5.15. The zero-order valence-corrected chi connectivity index (χ0v) is 29.3. The van der Waals surface area contributed by atoms with Crippen LogP contribution in [0.4, 0.5) is 5.69 Å². The molecule has 0 saturated carbocycles. The zero-order chi connectivity index (χ0) is 32.6. The van der Waals surface area contributed by atoms with Crippen LogP contribution in [-0.2, 0) is 35.8 Å². The summed E-state index contributed by atoms with van der Waals surface area (Å²) in [5, 5.41) is 0.814. The molecule has 2 aromatic carbocycles. The normalized spacial score (nSPS) is 17.9. The van der Waals surface area contributed by atoms with E-state index in [9.17, 15) is 21.6 Å². The number of hydrogen-bond acceptors (Lipinski definition) is 7. The summed E-state index contributed by atoms with van der Waals surface area (Å²) >= 11 is 12.5. The number of nitrogens with zero attached hydrogens (tertiary/aromatic N) is 3. The second-order valence-corrected chi connectivity index (χ2v) is 16.9. The van der Waals surface area contributed by atoms with E-state index in [4.69, 9.17) is 27.9 Å². The van der Waals surface area contributed by atoms with Crippen LogP contribution in [-0.4, -0.2) is 96.4 Å². The first kappa shape index (κ1) is 36.1. The fraction of sp³-hybridized carbons (Fsp3) is 0.594. The molecule has 0 aromatic heterocycles. The lowest BCUT2D eigenvalue weighted by Crippen LogP contribution is -2.45. The lowest BCUT2D eigenvalue weighted by molar-refractivity contribution is -0.123. The Morgan fingerprint density at radius 1 is 0.933 bits per heavy atom. The Morgan fingerprint density at radius 2 is 1.60 bits per heavy atom. The van der Waals surface area contributed by atoms with Gasteiger partial charge in [-0.3, -0.25) is 4.79 Å². The van der Waals surface area contributed by atoms with Gasteiger partial charge >= 0.3 is 0 Å². The maximum absolute atomic E-state index is 13.7. The summed E-state index contributed by atoms with van der Waals surface area (Å²) < 4.78 is 55.6. The van der Waals surface area contributed by atoms with Gasteiger partial charge < -0.3 is 14.5 Å². The number of ether oxygens (including phenoxy) is 1. The molecule has 0 atom stereocenters. The van der Waals surface area contributed by atoms with E-state index in [1.807, 2.05) is 25.1 Å². The van der Waals surface area contributed by atoms with Gasteiger partial charge in [-0.15, -0.1) is 0 Å². The van der Waals surface area contributed by atoms with Crippen molar-refractivity contribution in [3.8, 4) is 0 Å². The van der Waals surface area contributed by atoms with E-state index in [1.165, 1.54) is 10.6 Å². The highest BCUT2D eigenvalue weighted by atomic mass is 35.5. The van der Waals surface area contributed by atoms with E-state index < -0.39 is 19.9 Å². The summed E-state index contributed by atoms with van der Waals surface area (Å²) in [7, 11) is -6.61. The minimum atomic E-state index is -3.34. The molecule has 9 nitrogen and oxygen atoms in total. The number of halogens is 2. The molecule has 13 heteroatoms. The highest BCUT2D eigenvalue weighted by Crippen LogP contribution is 2.30. The van der Waals surface area contributed by atoms with Gasteiger partial charge in [0.05, 0.1) is 33.6 Å². The third-order valence-electron chi connectivity index (χ3n) is 8.82. The molecule has 1 amide bonds. The van der Waals surface area contributed by atoms with E-state index in [2.05, 4.69) is 4.90 Å². The summed E-state index contributed by atoms with van der Waals surface area (Å²) in [5.41, 5.74) is 1.85. The van der Waals surface area contributed by atoms with Gasteiger partial charge in [-0.05, 0) is 107 Å². The van der Waals surface area contributed by atoms with Gasteiger partial charge in [-0.1, -0.05) is 35.3 Å². The van der Waals surface area contributed by atoms with Crippen LogP contribution in [0.1, 0.15) is 44.6 Å². The fourth-order valence-electron chi connectivity index (χ4n) is 6.14. The van der Waals surface area contributed by atoms with Crippen LogP contribution < -0.4 is 4.90 Å². The van der Waals surface area contributed by atoms with Crippen LogP contribution >= 0.6 is 23.2 Å². The molecule has 0 bridgehead atoms. The van der Waals surface area contributed by atoms with Crippen LogP contribution in [0.2, 0.25) is 10.0 Å². The lowest BCUT2D eigenvalue weighted by Gasteiger charge is -2.35. The zero-order valence-electron chi connectivity index (χ0n) is 26.2. The fourth-order valence-corrected chi connectivity index (χ4v) is 8.43. The summed E-state index contributed by atoms with van der Waals surface area (Å²) in [6.07, 6.45) is 6.01. The minimum Gasteiger partial charge on any atom is -0.381 e.